The Morgan fingerprint density at radius 1 is 1.07 bits per heavy atom. The first-order valence-corrected chi connectivity index (χ1v) is 10.3. The average molecular weight is 408 g/mol. The quantitative estimate of drug-likeness (QED) is 0.649. The summed E-state index contributed by atoms with van der Waals surface area (Å²) in [6.07, 6.45) is 2.24. The number of likely N-dealkylation sites (tertiary alicyclic amines) is 1. The molecular weight excluding hydrogens is 383 g/mol. The maximum atomic E-state index is 13.0. The highest BCUT2D eigenvalue weighted by Gasteiger charge is 2.25. The normalized spacial score (nSPS) is 15.2. The largest absolute Gasteiger partial charge is 0.352 e. The average Bonchev–Trinajstić information content (AvgIpc) is 3.21. The molecule has 2 aromatic carbocycles. The van der Waals surface area contributed by atoms with Gasteiger partial charge in [0, 0.05) is 18.9 Å². The molecule has 1 aliphatic heterocycles. The van der Waals surface area contributed by atoms with Crippen molar-refractivity contribution in [2.24, 2.45) is 5.92 Å². The molecule has 1 saturated heterocycles. The highest BCUT2D eigenvalue weighted by Crippen LogP contribution is 2.19. The van der Waals surface area contributed by atoms with E-state index in [2.05, 4.69) is 20.4 Å². The Bertz CT molecular complexity index is 951. The van der Waals surface area contributed by atoms with Crippen molar-refractivity contribution in [3.8, 4) is 0 Å². The highest BCUT2D eigenvalue weighted by molar-refractivity contribution is 5.78. The fourth-order valence-electron chi connectivity index (χ4n) is 3.68. The second-order valence-electron chi connectivity index (χ2n) is 7.66. The lowest BCUT2D eigenvalue weighted by molar-refractivity contribution is -0.126. The van der Waals surface area contributed by atoms with Crippen LogP contribution in [0.5, 0.6) is 0 Å². The fourth-order valence-corrected chi connectivity index (χ4v) is 3.68. The summed E-state index contributed by atoms with van der Waals surface area (Å²) < 4.78 is 18.4. The molecule has 1 aromatic heterocycles. The molecule has 6 nitrogen and oxygen atoms in total. The van der Waals surface area contributed by atoms with E-state index in [1.807, 2.05) is 30.3 Å². The maximum absolute atomic E-state index is 13.0. The number of nitrogens with zero attached hydrogens (tertiary/aromatic N) is 3. The van der Waals surface area contributed by atoms with Crippen molar-refractivity contribution in [3.05, 3.63) is 83.3 Å². The summed E-state index contributed by atoms with van der Waals surface area (Å²) in [6, 6.07) is 16.3. The lowest BCUT2D eigenvalue weighted by atomic mass is 9.96. The Hall–Kier alpha value is -3.06. The minimum atomic E-state index is -0.272. The number of halogens is 1. The Kier molecular flexibility index (Phi) is 6.49. The predicted molar refractivity (Wildman–Crippen MR) is 110 cm³/mol. The smallest absolute Gasteiger partial charge is 0.240 e. The van der Waals surface area contributed by atoms with Crippen molar-refractivity contribution in [2.45, 2.75) is 32.4 Å². The van der Waals surface area contributed by atoms with Crippen molar-refractivity contribution in [3.63, 3.8) is 0 Å². The van der Waals surface area contributed by atoms with E-state index in [0.29, 0.717) is 31.2 Å². The first-order chi connectivity index (χ1) is 14.7. The molecule has 1 aliphatic rings. The summed E-state index contributed by atoms with van der Waals surface area (Å²) in [5, 5.41) is 7.04. The van der Waals surface area contributed by atoms with Crippen LogP contribution in [0, 0.1) is 11.7 Å². The van der Waals surface area contributed by atoms with Crippen molar-refractivity contribution in [1.82, 2.24) is 20.4 Å². The van der Waals surface area contributed by atoms with Crippen LogP contribution in [0.15, 0.2) is 59.1 Å². The van der Waals surface area contributed by atoms with E-state index in [9.17, 15) is 9.18 Å². The second kappa shape index (κ2) is 9.63. The summed E-state index contributed by atoms with van der Waals surface area (Å²) in [5.74, 6) is 1.08. The number of carbonyl (C=O) groups excluding carboxylic acids is 1. The van der Waals surface area contributed by atoms with Crippen LogP contribution in [0.3, 0.4) is 0 Å². The Labute approximate surface area is 175 Å². The zero-order valence-corrected chi connectivity index (χ0v) is 16.8. The first kappa shape index (κ1) is 20.2. The molecule has 1 N–H and O–H groups in total. The van der Waals surface area contributed by atoms with E-state index in [0.717, 1.165) is 37.1 Å². The van der Waals surface area contributed by atoms with E-state index in [1.165, 1.54) is 12.1 Å². The van der Waals surface area contributed by atoms with E-state index in [-0.39, 0.29) is 17.6 Å². The zero-order chi connectivity index (χ0) is 20.8. The number of rotatable bonds is 7. The molecule has 2 heterocycles. The van der Waals surface area contributed by atoms with Gasteiger partial charge in [0.2, 0.25) is 11.8 Å². The molecule has 7 heteroatoms. The van der Waals surface area contributed by atoms with Crippen LogP contribution in [-0.2, 0) is 24.3 Å². The number of hydrogen-bond donors (Lipinski definition) is 1. The topological polar surface area (TPSA) is 71.3 Å². The van der Waals surface area contributed by atoms with Gasteiger partial charge in [-0.2, -0.15) is 4.98 Å². The Morgan fingerprint density at radius 3 is 2.53 bits per heavy atom. The van der Waals surface area contributed by atoms with Crippen LogP contribution in [0.1, 0.15) is 35.7 Å². The van der Waals surface area contributed by atoms with Crippen molar-refractivity contribution < 1.29 is 13.7 Å². The summed E-state index contributed by atoms with van der Waals surface area (Å²) in [5.41, 5.74) is 2.04. The van der Waals surface area contributed by atoms with Gasteiger partial charge in [-0.15, -0.1) is 0 Å². The van der Waals surface area contributed by atoms with Crippen molar-refractivity contribution in [2.75, 3.05) is 13.1 Å². The van der Waals surface area contributed by atoms with E-state index < -0.39 is 0 Å². The lowest BCUT2D eigenvalue weighted by Gasteiger charge is -2.30. The van der Waals surface area contributed by atoms with Gasteiger partial charge in [-0.3, -0.25) is 9.69 Å². The van der Waals surface area contributed by atoms with Crippen molar-refractivity contribution in [1.29, 1.82) is 0 Å². The summed E-state index contributed by atoms with van der Waals surface area (Å²) >= 11 is 0. The fraction of sp³-hybridized carbons (Fsp3) is 0.348. The number of carbonyl (C=O) groups is 1. The predicted octanol–water partition coefficient (Wildman–Crippen LogP) is 3.33. The molecule has 156 valence electrons. The Balaban J connectivity index is 1.21. The SMILES string of the molecule is O=C(NCc1ccc(F)cc1)C1CCN(Cc2nc(Cc3ccccc3)no2)CC1. The van der Waals surface area contributed by atoms with Gasteiger partial charge in [0.15, 0.2) is 5.82 Å². The van der Waals surface area contributed by atoms with E-state index in [1.54, 1.807) is 12.1 Å². The van der Waals surface area contributed by atoms with Gasteiger partial charge in [-0.25, -0.2) is 4.39 Å². The van der Waals surface area contributed by atoms with E-state index in [4.69, 9.17) is 4.52 Å². The molecule has 0 saturated carbocycles. The number of hydrogen-bond acceptors (Lipinski definition) is 5. The third-order valence-corrected chi connectivity index (χ3v) is 5.41. The molecule has 1 amide bonds. The molecule has 0 aliphatic carbocycles. The molecule has 4 rings (SSSR count). The van der Waals surface area contributed by atoms with Gasteiger partial charge in [0.25, 0.3) is 0 Å². The molecule has 0 bridgehead atoms. The highest BCUT2D eigenvalue weighted by atomic mass is 19.1. The summed E-state index contributed by atoms with van der Waals surface area (Å²) in [7, 11) is 0. The van der Waals surface area contributed by atoms with Crippen molar-refractivity contribution >= 4 is 5.91 Å². The minimum Gasteiger partial charge on any atom is -0.352 e. The van der Waals surface area contributed by atoms with Gasteiger partial charge in [0.1, 0.15) is 5.82 Å². The molecule has 0 radical (unpaired) electrons. The molecule has 3 aromatic rings. The van der Waals surface area contributed by atoms with Gasteiger partial charge < -0.3 is 9.84 Å². The third kappa shape index (κ3) is 5.51. The van der Waals surface area contributed by atoms with Crippen LogP contribution in [0.25, 0.3) is 0 Å². The van der Waals surface area contributed by atoms with Crippen LogP contribution < -0.4 is 5.32 Å². The summed E-state index contributed by atoms with van der Waals surface area (Å²) in [6.45, 7) is 2.65. The molecule has 30 heavy (non-hydrogen) atoms. The van der Waals surface area contributed by atoms with Crippen LogP contribution in [-0.4, -0.2) is 34.0 Å². The van der Waals surface area contributed by atoms with Gasteiger partial charge in [-0.05, 0) is 49.2 Å². The zero-order valence-electron chi connectivity index (χ0n) is 16.8. The number of amides is 1. The number of nitrogens with one attached hydrogen (secondary N) is 1. The lowest BCUT2D eigenvalue weighted by Crippen LogP contribution is -2.40. The molecule has 0 unspecified atom stereocenters. The van der Waals surface area contributed by atoms with Crippen LogP contribution >= 0.6 is 0 Å². The van der Waals surface area contributed by atoms with Gasteiger partial charge in [-0.1, -0.05) is 47.6 Å². The first-order valence-electron chi connectivity index (χ1n) is 10.3. The minimum absolute atomic E-state index is 0.00183. The molecule has 0 spiro atoms. The number of benzene rings is 2. The van der Waals surface area contributed by atoms with Gasteiger partial charge in [0.05, 0.1) is 6.54 Å². The summed E-state index contributed by atoms with van der Waals surface area (Å²) in [4.78, 5) is 19.2. The Morgan fingerprint density at radius 2 is 1.80 bits per heavy atom. The molecule has 0 atom stereocenters. The molecule has 1 fully saturated rings. The van der Waals surface area contributed by atoms with Crippen LogP contribution in [0.2, 0.25) is 0 Å². The standard InChI is InChI=1S/C23H25FN4O2/c24-20-8-6-18(7-9-20)15-25-23(29)19-10-12-28(13-11-19)16-22-26-21(27-30-22)14-17-4-2-1-3-5-17/h1-9,19H,10-16H2,(H,25,29). The molecular formula is C23H25FN4O2. The van der Waals surface area contributed by atoms with Crippen LogP contribution in [0.4, 0.5) is 4.39 Å². The number of aromatic nitrogens is 2. The number of piperidine rings is 1. The van der Waals surface area contributed by atoms with Gasteiger partial charge >= 0.3 is 0 Å². The monoisotopic (exact) mass is 408 g/mol. The van der Waals surface area contributed by atoms with E-state index >= 15 is 0 Å². The second-order valence-corrected chi connectivity index (χ2v) is 7.66. The maximum Gasteiger partial charge on any atom is 0.240 e. The third-order valence-electron chi connectivity index (χ3n) is 5.41.